The number of esters is 1. The van der Waals surface area contributed by atoms with Crippen molar-refractivity contribution in [2.75, 3.05) is 6.61 Å². The van der Waals surface area contributed by atoms with Gasteiger partial charge in [-0.15, -0.1) is 11.6 Å². The van der Waals surface area contributed by atoms with Gasteiger partial charge in [0, 0.05) is 6.07 Å². The van der Waals surface area contributed by atoms with Crippen LogP contribution in [0.4, 0.5) is 13.2 Å². The van der Waals surface area contributed by atoms with Gasteiger partial charge in [-0.1, -0.05) is 0 Å². The summed E-state index contributed by atoms with van der Waals surface area (Å²) in [4.78, 5) is 14.6. The Hall–Kier alpha value is -1.30. The normalized spacial score (nSPS) is 10.7. The summed E-state index contributed by atoms with van der Waals surface area (Å²) < 4.78 is 43.2. The highest BCUT2D eigenvalue weighted by atomic mass is 35.5. The van der Waals surface area contributed by atoms with Gasteiger partial charge in [0.05, 0.1) is 29.3 Å². The molecule has 0 N–H and O–H groups in total. The third kappa shape index (κ3) is 3.09. The van der Waals surface area contributed by atoms with Crippen LogP contribution in [0, 0.1) is 5.95 Å². The lowest BCUT2D eigenvalue weighted by molar-refractivity contribution is 0.0513. The van der Waals surface area contributed by atoms with Crippen LogP contribution in [-0.2, 0) is 10.6 Å². The van der Waals surface area contributed by atoms with Crippen molar-refractivity contribution in [1.29, 1.82) is 0 Å². The molecule has 0 amide bonds. The van der Waals surface area contributed by atoms with Gasteiger partial charge in [0.15, 0.2) is 0 Å². The predicted octanol–water partition coefficient (Wildman–Crippen LogP) is 3.07. The number of hydrogen-bond donors (Lipinski definition) is 0. The van der Waals surface area contributed by atoms with Crippen LogP contribution in [0.15, 0.2) is 6.07 Å². The lowest BCUT2D eigenvalue weighted by Gasteiger charge is -2.11. The molecule has 0 saturated carbocycles. The number of nitrogens with zero attached hydrogens (tertiary/aromatic N) is 1. The fourth-order valence-corrected chi connectivity index (χ4v) is 1.50. The zero-order valence-corrected chi connectivity index (χ0v) is 9.60. The van der Waals surface area contributed by atoms with Crippen molar-refractivity contribution in [3.8, 4) is 0 Å². The Morgan fingerprint density at radius 3 is 2.71 bits per heavy atom. The molecule has 0 saturated heterocycles. The summed E-state index contributed by atoms with van der Waals surface area (Å²) in [6, 6.07) is 0.621. The minimum Gasteiger partial charge on any atom is -0.462 e. The van der Waals surface area contributed by atoms with Crippen molar-refractivity contribution in [3.05, 3.63) is 28.8 Å². The number of hydrogen-bond acceptors (Lipinski definition) is 3. The Morgan fingerprint density at radius 1 is 1.59 bits per heavy atom. The van der Waals surface area contributed by atoms with E-state index in [9.17, 15) is 18.0 Å². The van der Waals surface area contributed by atoms with Crippen LogP contribution in [0.25, 0.3) is 0 Å². The molecule has 17 heavy (non-hydrogen) atoms. The maximum absolute atomic E-state index is 13.0. The van der Waals surface area contributed by atoms with Crippen LogP contribution in [0.3, 0.4) is 0 Å². The summed E-state index contributed by atoms with van der Waals surface area (Å²) in [5.41, 5.74) is -1.57. The first-order chi connectivity index (χ1) is 8.01. The second-order valence-corrected chi connectivity index (χ2v) is 3.27. The summed E-state index contributed by atoms with van der Waals surface area (Å²) in [7, 11) is 0. The summed E-state index contributed by atoms with van der Waals surface area (Å²) in [6.45, 7) is 1.52. The van der Waals surface area contributed by atoms with Crippen molar-refractivity contribution in [3.63, 3.8) is 0 Å². The number of rotatable bonds is 4. The van der Waals surface area contributed by atoms with E-state index in [-0.39, 0.29) is 12.3 Å². The Balaban J connectivity index is 3.35. The van der Waals surface area contributed by atoms with Gasteiger partial charge < -0.3 is 4.74 Å². The van der Waals surface area contributed by atoms with E-state index in [1.165, 1.54) is 6.92 Å². The first-order valence-electron chi connectivity index (χ1n) is 4.71. The molecule has 0 aromatic carbocycles. The molecular formula is C10H9ClF3NO2. The number of carbonyl (C=O) groups excluding carboxylic acids is 1. The van der Waals surface area contributed by atoms with Crippen molar-refractivity contribution in [2.24, 2.45) is 0 Å². The number of carbonyl (C=O) groups is 1. The van der Waals surface area contributed by atoms with E-state index in [4.69, 9.17) is 11.6 Å². The summed E-state index contributed by atoms with van der Waals surface area (Å²) >= 11 is 5.39. The molecule has 3 nitrogen and oxygen atoms in total. The first-order valence-corrected chi connectivity index (χ1v) is 5.25. The molecule has 0 unspecified atom stereocenters. The second-order valence-electron chi connectivity index (χ2n) is 3.01. The summed E-state index contributed by atoms with van der Waals surface area (Å²) in [6.07, 6.45) is -2.98. The molecule has 1 heterocycles. The minimum absolute atomic E-state index is 0.00165. The van der Waals surface area contributed by atoms with Gasteiger partial charge in [0.2, 0.25) is 5.95 Å². The smallest absolute Gasteiger partial charge is 0.338 e. The number of ether oxygens (including phenoxy) is 1. The summed E-state index contributed by atoms with van der Waals surface area (Å²) in [5.74, 6) is -2.48. The molecule has 0 spiro atoms. The quantitative estimate of drug-likeness (QED) is 0.478. The van der Waals surface area contributed by atoms with E-state index >= 15 is 0 Å². The van der Waals surface area contributed by atoms with Gasteiger partial charge in [-0.2, -0.15) is 4.39 Å². The first kappa shape index (κ1) is 13.8. The number of halogens is 4. The van der Waals surface area contributed by atoms with Crippen LogP contribution in [-0.4, -0.2) is 17.6 Å². The maximum atomic E-state index is 13.0. The highest BCUT2D eigenvalue weighted by molar-refractivity contribution is 6.17. The maximum Gasteiger partial charge on any atom is 0.338 e. The number of aromatic nitrogens is 1. The monoisotopic (exact) mass is 267 g/mol. The molecule has 7 heteroatoms. The molecule has 1 aromatic heterocycles. The molecule has 94 valence electrons. The van der Waals surface area contributed by atoms with Gasteiger partial charge >= 0.3 is 5.97 Å². The molecule has 0 aliphatic carbocycles. The molecule has 0 aliphatic heterocycles. The van der Waals surface area contributed by atoms with Crippen molar-refractivity contribution < 1.29 is 22.7 Å². The van der Waals surface area contributed by atoms with E-state index < -0.39 is 35.3 Å². The Morgan fingerprint density at radius 2 is 2.24 bits per heavy atom. The minimum atomic E-state index is -2.98. The average Bonchev–Trinajstić information content (AvgIpc) is 2.27. The van der Waals surface area contributed by atoms with Gasteiger partial charge in [0.1, 0.15) is 0 Å². The number of pyridine rings is 1. The lowest BCUT2D eigenvalue weighted by Crippen LogP contribution is -2.13. The van der Waals surface area contributed by atoms with Gasteiger partial charge in [-0.05, 0) is 6.92 Å². The Bertz CT molecular complexity index is 426. The van der Waals surface area contributed by atoms with Crippen LogP contribution in [0.1, 0.15) is 35.0 Å². The largest absolute Gasteiger partial charge is 0.462 e. The van der Waals surface area contributed by atoms with Crippen molar-refractivity contribution in [2.45, 2.75) is 19.2 Å². The average molecular weight is 268 g/mol. The molecule has 0 aliphatic rings. The van der Waals surface area contributed by atoms with Gasteiger partial charge in [0.25, 0.3) is 6.43 Å². The van der Waals surface area contributed by atoms with E-state index in [2.05, 4.69) is 9.72 Å². The van der Waals surface area contributed by atoms with Gasteiger partial charge in [-0.25, -0.2) is 18.6 Å². The van der Waals surface area contributed by atoms with Gasteiger partial charge in [-0.3, -0.25) is 0 Å². The zero-order chi connectivity index (χ0) is 13.0. The highest BCUT2D eigenvalue weighted by Gasteiger charge is 2.25. The zero-order valence-electron chi connectivity index (χ0n) is 8.84. The molecule has 1 aromatic rings. The fraction of sp³-hybridized carbons (Fsp3) is 0.400. The predicted molar refractivity (Wildman–Crippen MR) is 54.7 cm³/mol. The SMILES string of the molecule is CCOC(=O)c1cc(F)nc(CCl)c1C(F)F. The molecule has 0 radical (unpaired) electrons. The molecule has 0 atom stereocenters. The third-order valence-electron chi connectivity index (χ3n) is 1.95. The van der Waals surface area contributed by atoms with E-state index in [1.807, 2.05) is 0 Å². The highest BCUT2D eigenvalue weighted by Crippen LogP contribution is 2.28. The second kappa shape index (κ2) is 5.86. The van der Waals surface area contributed by atoms with Crippen molar-refractivity contribution >= 4 is 17.6 Å². The molecular weight excluding hydrogens is 259 g/mol. The van der Waals surface area contributed by atoms with Crippen LogP contribution in [0.5, 0.6) is 0 Å². The molecule has 0 fully saturated rings. The Kier molecular flexibility index (Phi) is 4.74. The van der Waals surface area contributed by atoms with Crippen LogP contribution < -0.4 is 0 Å². The molecule has 0 bridgehead atoms. The van der Waals surface area contributed by atoms with Crippen LogP contribution in [0.2, 0.25) is 0 Å². The molecule has 1 rings (SSSR count). The van der Waals surface area contributed by atoms with Crippen LogP contribution >= 0.6 is 11.6 Å². The Labute approximate surface area is 101 Å². The fourth-order valence-electron chi connectivity index (χ4n) is 1.30. The van der Waals surface area contributed by atoms with E-state index in [0.29, 0.717) is 6.07 Å². The van der Waals surface area contributed by atoms with Crippen molar-refractivity contribution in [1.82, 2.24) is 4.98 Å². The summed E-state index contributed by atoms with van der Waals surface area (Å²) in [5, 5.41) is 0. The van der Waals surface area contributed by atoms with E-state index in [1.54, 1.807) is 0 Å². The topological polar surface area (TPSA) is 39.2 Å². The third-order valence-corrected chi connectivity index (χ3v) is 2.20. The standard InChI is InChI=1S/C10H9ClF3NO2/c1-2-17-10(16)5-3-7(12)15-6(4-11)8(5)9(13)14/h3,9H,2,4H2,1H3. The lowest BCUT2D eigenvalue weighted by atomic mass is 10.1. The number of alkyl halides is 3. The van der Waals surface area contributed by atoms with E-state index in [0.717, 1.165) is 0 Å².